The van der Waals surface area contributed by atoms with Crippen LogP contribution < -0.4 is 10.9 Å². The molecule has 2 atom stereocenters. The predicted molar refractivity (Wildman–Crippen MR) is 94.2 cm³/mol. The number of hydrogen-bond donors (Lipinski definition) is 4. The van der Waals surface area contributed by atoms with Crippen molar-refractivity contribution in [3.8, 4) is 0 Å². The molecule has 0 saturated carbocycles. The number of aromatic amines is 1. The Labute approximate surface area is 148 Å². The number of fused-ring (bicyclic) bond motifs is 1. The smallest absolute Gasteiger partial charge is 0.152 e. The summed E-state index contributed by atoms with van der Waals surface area (Å²) >= 11 is 12.3. The highest BCUT2D eigenvalue weighted by atomic mass is 35.5. The van der Waals surface area contributed by atoms with Gasteiger partial charge in [-0.25, -0.2) is 10.4 Å². The first kappa shape index (κ1) is 15.5. The van der Waals surface area contributed by atoms with Crippen LogP contribution in [-0.2, 0) is 0 Å². The molecule has 1 aliphatic heterocycles. The van der Waals surface area contributed by atoms with E-state index in [1.54, 1.807) is 18.5 Å². The summed E-state index contributed by atoms with van der Waals surface area (Å²) in [6.07, 6.45) is 8.33. The van der Waals surface area contributed by atoms with Crippen LogP contribution in [0.2, 0.25) is 10.0 Å². The third-order valence-corrected chi connectivity index (χ3v) is 4.68. The lowest BCUT2D eigenvalue weighted by atomic mass is 9.88. The van der Waals surface area contributed by atoms with Crippen LogP contribution in [0, 0.1) is 0 Å². The van der Waals surface area contributed by atoms with Crippen molar-refractivity contribution in [2.24, 2.45) is 0 Å². The molecule has 4 N–H and O–H groups in total. The third kappa shape index (κ3) is 2.56. The van der Waals surface area contributed by atoms with Crippen molar-refractivity contribution in [2.75, 3.05) is 0 Å². The number of allylic oxidation sites excluding steroid dienone is 2. The fraction of sp³-hybridized carbons (Fsp3) is 0.118. The van der Waals surface area contributed by atoms with Gasteiger partial charge in [-0.1, -0.05) is 47.5 Å². The molecule has 0 saturated heterocycles. The third-order valence-electron chi connectivity index (χ3n) is 4.13. The second-order valence-corrected chi connectivity index (χ2v) is 6.40. The summed E-state index contributed by atoms with van der Waals surface area (Å²) in [5.74, 6) is 0.487. The summed E-state index contributed by atoms with van der Waals surface area (Å²) in [5, 5.41) is 11.7. The van der Waals surface area contributed by atoms with Crippen molar-refractivity contribution in [3.05, 3.63) is 81.5 Å². The molecule has 0 fully saturated rings. The Morgan fingerprint density at radius 3 is 2.88 bits per heavy atom. The van der Waals surface area contributed by atoms with E-state index in [0.29, 0.717) is 21.6 Å². The number of hydrazine groups is 1. The average Bonchev–Trinajstić information content (AvgIpc) is 3.24. The lowest BCUT2D eigenvalue weighted by molar-refractivity contribution is 0.197. The Hall–Kier alpha value is -2.05. The van der Waals surface area contributed by atoms with E-state index in [4.69, 9.17) is 23.2 Å². The van der Waals surface area contributed by atoms with Crippen LogP contribution in [0.5, 0.6) is 0 Å². The number of aromatic nitrogens is 2. The molecule has 2 unspecified atom stereocenters. The maximum absolute atomic E-state index is 10.5. The van der Waals surface area contributed by atoms with Gasteiger partial charge >= 0.3 is 0 Å². The fourth-order valence-electron chi connectivity index (χ4n) is 3.00. The first-order valence-corrected chi connectivity index (χ1v) is 8.17. The number of aliphatic hydroxyl groups is 1. The second-order valence-electron chi connectivity index (χ2n) is 5.55. The van der Waals surface area contributed by atoms with E-state index >= 15 is 0 Å². The van der Waals surface area contributed by atoms with E-state index in [1.165, 1.54) is 0 Å². The summed E-state index contributed by atoms with van der Waals surface area (Å²) in [6, 6.07) is 5.32. The standard InChI is InChI=1S/C17H14Cl2N4O/c18-9-4-5-10(13(19)8-9)11-2-1-3-12-14(11)22-23-15(12)16(24)17-20-6-7-21-17/h1-8,14,16,22-24H,(H,20,21). The normalized spacial score (nSPS) is 20.6. The molecule has 24 heavy (non-hydrogen) atoms. The molecule has 5 nitrogen and oxygen atoms in total. The zero-order valence-corrected chi connectivity index (χ0v) is 13.9. The number of halogens is 2. The molecule has 2 heterocycles. The molecule has 7 heteroatoms. The Kier molecular flexibility index (Phi) is 3.94. The van der Waals surface area contributed by atoms with E-state index in [2.05, 4.69) is 20.8 Å². The summed E-state index contributed by atoms with van der Waals surface area (Å²) in [7, 11) is 0. The van der Waals surface area contributed by atoms with Gasteiger partial charge in [0.05, 0.1) is 11.7 Å². The number of aliphatic hydroxyl groups excluding tert-OH is 1. The second kappa shape index (κ2) is 6.11. The molecule has 1 aromatic carbocycles. The Balaban J connectivity index is 1.72. The SMILES string of the molecule is OC(C1=C2C=CC=C(c3ccc(Cl)cc3Cl)C2NN1)c1ncc[nH]1. The highest BCUT2D eigenvalue weighted by Gasteiger charge is 2.33. The topological polar surface area (TPSA) is 73.0 Å². The van der Waals surface area contributed by atoms with Gasteiger partial charge in [0.2, 0.25) is 0 Å². The zero-order valence-electron chi connectivity index (χ0n) is 12.4. The van der Waals surface area contributed by atoms with Gasteiger partial charge in [-0.3, -0.25) is 0 Å². The van der Waals surface area contributed by atoms with Crippen LogP contribution in [0.3, 0.4) is 0 Å². The number of imidazole rings is 1. The molecule has 2 aliphatic rings. The van der Waals surface area contributed by atoms with Crippen LogP contribution in [0.1, 0.15) is 17.5 Å². The van der Waals surface area contributed by atoms with Crippen molar-refractivity contribution in [3.63, 3.8) is 0 Å². The van der Waals surface area contributed by atoms with Gasteiger partial charge < -0.3 is 15.5 Å². The molecule has 0 amide bonds. The number of rotatable bonds is 3. The Morgan fingerprint density at radius 1 is 1.25 bits per heavy atom. The van der Waals surface area contributed by atoms with E-state index in [1.807, 2.05) is 30.4 Å². The van der Waals surface area contributed by atoms with E-state index < -0.39 is 6.10 Å². The first-order valence-electron chi connectivity index (χ1n) is 7.42. The van der Waals surface area contributed by atoms with Gasteiger partial charge in [0, 0.05) is 22.4 Å². The van der Waals surface area contributed by atoms with Crippen molar-refractivity contribution in [1.82, 2.24) is 20.8 Å². The van der Waals surface area contributed by atoms with Crippen molar-refractivity contribution < 1.29 is 5.11 Å². The minimum Gasteiger partial charge on any atom is -0.379 e. The Bertz CT molecular complexity index is 871. The predicted octanol–water partition coefficient (Wildman–Crippen LogP) is 3.13. The molecule has 2 aromatic rings. The van der Waals surface area contributed by atoms with Gasteiger partial charge in [0.25, 0.3) is 0 Å². The molecule has 4 rings (SSSR count). The van der Waals surface area contributed by atoms with Crippen LogP contribution >= 0.6 is 23.2 Å². The summed E-state index contributed by atoms with van der Waals surface area (Å²) < 4.78 is 0. The quantitative estimate of drug-likeness (QED) is 0.678. The molecule has 0 spiro atoms. The monoisotopic (exact) mass is 360 g/mol. The summed E-state index contributed by atoms with van der Waals surface area (Å²) in [6.45, 7) is 0. The number of hydrogen-bond acceptors (Lipinski definition) is 4. The highest BCUT2D eigenvalue weighted by molar-refractivity contribution is 6.35. The molecule has 0 radical (unpaired) electrons. The van der Waals surface area contributed by atoms with E-state index in [9.17, 15) is 5.11 Å². The first-order chi connectivity index (χ1) is 11.6. The largest absolute Gasteiger partial charge is 0.379 e. The maximum atomic E-state index is 10.5. The highest BCUT2D eigenvalue weighted by Crippen LogP contribution is 2.37. The van der Waals surface area contributed by atoms with Gasteiger partial charge in [-0.15, -0.1) is 0 Å². The van der Waals surface area contributed by atoms with Crippen molar-refractivity contribution in [2.45, 2.75) is 12.1 Å². The zero-order chi connectivity index (χ0) is 16.7. The van der Waals surface area contributed by atoms with Crippen LogP contribution in [0.15, 0.2) is 60.1 Å². The van der Waals surface area contributed by atoms with E-state index in [-0.39, 0.29) is 6.04 Å². The Morgan fingerprint density at radius 2 is 2.12 bits per heavy atom. The van der Waals surface area contributed by atoms with Gasteiger partial charge in [-0.2, -0.15) is 0 Å². The van der Waals surface area contributed by atoms with Crippen LogP contribution in [-0.4, -0.2) is 21.1 Å². The molecular formula is C17H14Cl2N4O. The molecule has 0 bridgehead atoms. The maximum Gasteiger partial charge on any atom is 0.152 e. The van der Waals surface area contributed by atoms with Gasteiger partial charge in [0.1, 0.15) is 5.82 Å². The molecular weight excluding hydrogens is 347 g/mol. The fourth-order valence-corrected chi connectivity index (χ4v) is 3.51. The van der Waals surface area contributed by atoms with E-state index in [0.717, 1.165) is 16.7 Å². The number of nitrogens with one attached hydrogen (secondary N) is 3. The molecule has 1 aliphatic carbocycles. The minimum atomic E-state index is -0.864. The van der Waals surface area contributed by atoms with Gasteiger partial charge in [-0.05, 0) is 28.8 Å². The molecule has 122 valence electrons. The molecule has 1 aromatic heterocycles. The summed E-state index contributed by atoms with van der Waals surface area (Å²) in [5.41, 5.74) is 9.80. The number of nitrogens with zero attached hydrogens (tertiary/aromatic N) is 1. The lowest BCUT2D eigenvalue weighted by Crippen LogP contribution is -2.34. The van der Waals surface area contributed by atoms with Crippen molar-refractivity contribution in [1.29, 1.82) is 0 Å². The lowest BCUT2D eigenvalue weighted by Gasteiger charge is -2.21. The minimum absolute atomic E-state index is 0.117. The van der Waals surface area contributed by atoms with Gasteiger partial charge in [0.15, 0.2) is 6.10 Å². The summed E-state index contributed by atoms with van der Waals surface area (Å²) in [4.78, 5) is 7.05. The average molecular weight is 361 g/mol. The number of benzene rings is 1. The van der Waals surface area contributed by atoms with Crippen LogP contribution in [0.4, 0.5) is 0 Å². The van der Waals surface area contributed by atoms with Crippen LogP contribution in [0.25, 0.3) is 5.57 Å². The number of H-pyrrole nitrogens is 1. The van der Waals surface area contributed by atoms with Crippen molar-refractivity contribution >= 4 is 28.8 Å².